The summed E-state index contributed by atoms with van der Waals surface area (Å²) in [5.74, 6) is 0. The molecule has 0 amide bonds. The van der Waals surface area contributed by atoms with Gasteiger partial charge < -0.3 is 4.90 Å². The Kier molecular flexibility index (Phi) is 4.71. The summed E-state index contributed by atoms with van der Waals surface area (Å²) in [6.07, 6.45) is 1.61. The Morgan fingerprint density at radius 3 is 2.50 bits per heavy atom. The molecule has 1 heterocycles. The third-order valence-corrected chi connectivity index (χ3v) is 3.56. The van der Waals surface area contributed by atoms with Crippen LogP contribution in [0.1, 0.15) is 6.42 Å². The average molecular weight is 296 g/mol. The zero-order chi connectivity index (χ0) is 13.9. The van der Waals surface area contributed by atoms with E-state index >= 15 is 0 Å². The topological polar surface area (TPSA) is 92.2 Å². The number of hydrogen-bond donors (Lipinski definition) is 1. The zero-order valence-corrected chi connectivity index (χ0v) is 11.6. The fraction of sp³-hybridized carbons (Fsp3) is 0.556. The van der Waals surface area contributed by atoms with E-state index in [2.05, 4.69) is 0 Å². The van der Waals surface area contributed by atoms with E-state index in [0.717, 1.165) is 17.3 Å². The fourth-order valence-corrected chi connectivity index (χ4v) is 2.24. The minimum atomic E-state index is -4.16. The van der Waals surface area contributed by atoms with E-state index in [-0.39, 0.29) is 0 Å². The highest BCUT2D eigenvalue weighted by atomic mass is 35.7. The van der Waals surface area contributed by atoms with E-state index in [0.29, 0.717) is 13.0 Å². The van der Waals surface area contributed by atoms with Crippen molar-refractivity contribution in [1.82, 2.24) is 14.5 Å². The van der Waals surface area contributed by atoms with Gasteiger partial charge in [0.25, 0.3) is 14.6 Å². The van der Waals surface area contributed by atoms with Crippen molar-refractivity contribution in [3.63, 3.8) is 0 Å². The summed E-state index contributed by atoms with van der Waals surface area (Å²) >= 11 is 0. The lowest BCUT2D eigenvalue weighted by molar-refractivity contribution is 0.383. The van der Waals surface area contributed by atoms with Crippen LogP contribution in [0.2, 0.25) is 0 Å². The van der Waals surface area contributed by atoms with Crippen molar-refractivity contribution < 1.29 is 8.42 Å². The zero-order valence-electron chi connectivity index (χ0n) is 10.0. The van der Waals surface area contributed by atoms with E-state index < -0.39 is 25.2 Å². The van der Waals surface area contributed by atoms with Crippen molar-refractivity contribution >= 4 is 19.7 Å². The molecule has 0 spiro atoms. The van der Waals surface area contributed by atoms with Crippen LogP contribution in [0.3, 0.4) is 0 Å². The maximum Gasteiger partial charge on any atom is 0.328 e. The van der Waals surface area contributed by atoms with Crippen LogP contribution in [0.15, 0.2) is 20.7 Å². The summed E-state index contributed by atoms with van der Waals surface area (Å²) < 4.78 is 23.4. The predicted molar refractivity (Wildman–Crippen MR) is 67.5 cm³/mol. The van der Waals surface area contributed by atoms with Gasteiger partial charge in [-0.2, -0.15) is 0 Å². The fourth-order valence-electron chi connectivity index (χ4n) is 1.39. The number of aryl methyl sites for hydroxylation is 1. The SMILES string of the molecule is CN(C)CCCn1cc(S(=O)(=O)Cl)c(=O)[nH]c1=O. The summed E-state index contributed by atoms with van der Waals surface area (Å²) in [6, 6.07) is 0. The maximum atomic E-state index is 11.5. The Labute approximate surface area is 108 Å². The number of hydrogen-bond acceptors (Lipinski definition) is 5. The predicted octanol–water partition coefficient (Wildman–Crippen LogP) is -0.584. The smallest absolute Gasteiger partial charge is 0.309 e. The molecule has 18 heavy (non-hydrogen) atoms. The first kappa shape index (κ1) is 14.9. The lowest BCUT2D eigenvalue weighted by Gasteiger charge is -2.10. The molecular formula is C9H14ClN3O4S. The number of halogens is 1. The Bertz CT molecular complexity index is 632. The minimum Gasteiger partial charge on any atom is -0.309 e. The molecule has 0 aliphatic heterocycles. The van der Waals surface area contributed by atoms with E-state index in [4.69, 9.17) is 10.7 Å². The monoisotopic (exact) mass is 295 g/mol. The van der Waals surface area contributed by atoms with Crippen molar-refractivity contribution in [2.75, 3.05) is 20.6 Å². The molecule has 1 aromatic heterocycles. The number of nitrogens with one attached hydrogen (secondary N) is 1. The normalized spacial score (nSPS) is 12.0. The van der Waals surface area contributed by atoms with Gasteiger partial charge in [0.1, 0.15) is 0 Å². The van der Waals surface area contributed by atoms with Gasteiger partial charge >= 0.3 is 5.69 Å². The third kappa shape index (κ3) is 3.97. The van der Waals surface area contributed by atoms with Crippen molar-refractivity contribution in [3.05, 3.63) is 27.0 Å². The number of nitrogens with zero attached hydrogens (tertiary/aromatic N) is 2. The first-order valence-corrected chi connectivity index (χ1v) is 7.46. The van der Waals surface area contributed by atoms with Gasteiger partial charge in [0.15, 0.2) is 4.90 Å². The number of rotatable bonds is 5. The molecule has 0 aliphatic rings. The number of H-pyrrole nitrogens is 1. The first-order valence-electron chi connectivity index (χ1n) is 5.15. The molecule has 0 radical (unpaired) electrons. The van der Waals surface area contributed by atoms with Gasteiger partial charge in [-0.05, 0) is 27.1 Å². The van der Waals surface area contributed by atoms with Crippen molar-refractivity contribution in [2.45, 2.75) is 17.9 Å². The average Bonchev–Trinajstić information content (AvgIpc) is 2.18. The largest absolute Gasteiger partial charge is 0.328 e. The lowest BCUT2D eigenvalue weighted by Crippen LogP contribution is -2.32. The Morgan fingerprint density at radius 1 is 1.39 bits per heavy atom. The molecule has 1 aromatic rings. The molecule has 0 fully saturated rings. The van der Waals surface area contributed by atoms with Gasteiger partial charge in [-0.1, -0.05) is 0 Å². The van der Waals surface area contributed by atoms with E-state index in [1.807, 2.05) is 24.0 Å². The number of aromatic amines is 1. The van der Waals surface area contributed by atoms with Crippen LogP contribution in [0.4, 0.5) is 0 Å². The Hall–Kier alpha value is -1.12. The van der Waals surface area contributed by atoms with Gasteiger partial charge in [-0.25, -0.2) is 13.2 Å². The molecule has 0 saturated carbocycles. The second-order valence-corrected chi connectivity index (χ2v) is 6.58. The molecule has 0 saturated heterocycles. The molecule has 102 valence electrons. The second-order valence-electron chi connectivity index (χ2n) is 4.04. The van der Waals surface area contributed by atoms with Crippen LogP contribution in [-0.2, 0) is 15.6 Å². The highest BCUT2D eigenvalue weighted by Crippen LogP contribution is 2.07. The van der Waals surface area contributed by atoms with Crippen LogP contribution in [0.5, 0.6) is 0 Å². The summed E-state index contributed by atoms with van der Waals surface area (Å²) in [6.45, 7) is 1.03. The molecule has 0 atom stereocenters. The summed E-state index contributed by atoms with van der Waals surface area (Å²) in [4.78, 5) is 26.0. The molecule has 7 nitrogen and oxygen atoms in total. The van der Waals surface area contributed by atoms with Crippen molar-refractivity contribution in [2.24, 2.45) is 0 Å². The molecule has 1 N–H and O–H groups in total. The quantitative estimate of drug-likeness (QED) is 0.734. The molecule has 9 heteroatoms. The first-order chi connectivity index (χ1) is 8.21. The van der Waals surface area contributed by atoms with Crippen molar-refractivity contribution in [1.29, 1.82) is 0 Å². The van der Waals surface area contributed by atoms with Gasteiger partial charge in [0.05, 0.1) is 0 Å². The van der Waals surface area contributed by atoms with Crippen LogP contribution < -0.4 is 11.2 Å². The lowest BCUT2D eigenvalue weighted by atomic mass is 10.4. The molecule has 0 aromatic carbocycles. The van der Waals surface area contributed by atoms with Crippen LogP contribution >= 0.6 is 10.7 Å². The highest BCUT2D eigenvalue weighted by Gasteiger charge is 2.17. The van der Waals surface area contributed by atoms with Crippen molar-refractivity contribution in [3.8, 4) is 0 Å². The molecule has 0 unspecified atom stereocenters. The molecule has 0 bridgehead atoms. The maximum absolute atomic E-state index is 11.5. The van der Waals surface area contributed by atoms with Crippen LogP contribution in [-0.4, -0.2) is 43.5 Å². The molecule has 1 rings (SSSR count). The van der Waals surface area contributed by atoms with Crippen LogP contribution in [0, 0.1) is 0 Å². The summed E-state index contributed by atoms with van der Waals surface area (Å²) in [7, 11) is 4.70. The highest BCUT2D eigenvalue weighted by molar-refractivity contribution is 8.13. The Morgan fingerprint density at radius 2 is 2.00 bits per heavy atom. The summed E-state index contributed by atoms with van der Waals surface area (Å²) in [5.41, 5.74) is -1.65. The van der Waals surface area contributed by atoms with E-state index in [9.17, 15) is 18.0 Å². The van der Waals surface area contributed by atoms with Gasteiger partial charge in [-0.15, -0.1) is 0 Å². The van der Waals surface area contributed by atoms with Gasteiger partial charge in [-0.3, -0.25) is 14.3 Å². The molecular weight excluding hydrogens is 282 g/mol. The van der Waals surface area contributed by atoms with E-state index in [1.165, 1.54) is 0 Å². The minimum absolute atomic E-state index is 0.299. The summed E-state index contributed by atoms with van der Waals surface area (Å²) in [5, 5.41) is 0. The van der Waals surface area contributed by atoms with E-state index in [1.54, 1.807) is 0 Å². The van der Waals surface area contributed by atoms with Gasteiger partial charge in [0.2, 0.25) is 0 Å². The van der Waals surface area contributed by atoms with Crippen LogP contribution in [0.25, 0.3) is 0 Å². The second kappa shape index (κ2) is 5.68. The third-order valence-electron chi connectivity index (χ3n) is 2.25. The molecule has 0 aliphatic carbocycles. The Balaban J connectivity index is 3.07. The standard InChI is InChI=1S/C9H14ClN3O4S/c1-12(2)4-3-5-13-6-7(18(10,16)17)8(14)11-9(13)15/h6H,3-5H2,1-2H3,(H,11,14,15). The number of aromatic nitrogens is 2. The van der Waals surface area contributed by atoms with Gasteiger partial charge in [0, 0.05) is 23.4 Å².